The first-order chi connectivity index (χ1) is 10.1. The highest BCUT2D eigenvalue weighted by Gasteiger charge is 2.21. The molecule has 4 heteroatoms. The molecule has 1 heterocycles. The van der Waals surface area contributed by atoms with Crippen LogP contribution in [0.15, 0.2) is 48.7 Å². The molecule has 0 saturated heterocycles. The van der Waals surface area contributed by atoms with Crippen LogP contribution in [-0.2, 0) is 0 Å². The highest BCUT2D eigenvalue weighted by atomic mass is 35.5. The third-order valence-electron chi connectivity index (χ3n) is 3.66. The standard InChI is InChI=1S/C17H16ClFN2/c1-21(2)17(11-5-3-6-12(19)9-11)13-10-20-15-8-4-7-14(18)16(13)15/h3-10,17,20H,1-2H3. The number of nitrogens with zero attached hydrogens (tertiary/aromatic N) is 1. The lowest BCUT2D eigenvalue weighted by molar-refractivity contribution is 0.343. The highest BCUT2D eigenvalue weighted by molar-refractivity contribution is 6.35. The number of hydrogen-bond acceptors (Lipinski definition) is 1. The molecule has 108 valence electrons. The van der Waals surface area contributed by atoms with Gasteiger partial charge in [-0.05, 0) is 43.9 Å². The first-order valence-electron chi connectivity index (χ1n) is 6.75. The van der Waals surface area contributed by atoms with Gasteiger partial charge >= 0.3 is 0 Å². The molecule has 0 aliphatic carbocycles. The van der Waals surface area contributed by atoms with Crippen LogP contribution in [0.25, 0.3) is 10.9 Å². The summed E-state index contributed by atoms with van der Waals surface area (Å²) in [5.41, 5.74) is 2.94. The van der Waals surface area contributed by atoms with Crippen molar-refractivity contribution in [3.63, 3.8) is 0 Å². The Labute approximate surface area is 128 Å². The van der Waals surface area contributed by atoms with Crippen molar-refractivity contribution in [2.75, 3.05) is 14.1 Å². The summed E-state index contributed by atoms with van der Waals surface area (Å²) in [5.74, 6) is -0.231. The molecule has 1 unspecified atom stereocenters. The second-order valence-electron chi connectivity index (χ2n) is 5.33. The van der Waals surface area contributed by atoms with Crippen molar-refractivity contribution >= 4 is 22.5 Å². The van der Waals surface area contributed by atoms with Crippen molar-refractivity contribution in [3.8, 4) is 0 Å². The first-order valence-corrected chi connectivity index (χ1v) is 7.13. The van der Waals surface area contributed by atoms with Crippen LogP contribution in [0.3, 0.4) is 0 Å². The predicted molar refractivity (Wildman–Crippen MR) is 85.2 cm³/mol. The Morgan fingerprint density at radius 2 is 1.90 bits per heavy atom. The molecule has 3 rings (SSSR count). The molecule has 0 aliphatic rings. The van der Waals surface area contributed by atoms with E-state index in [9.17, 15) is 4.39 Å². The summed E-state index contributed by atoms with van der Waals surface area (Å²) >= 11 is 6.36. The molecule has 21 heavy (non-hydrogen) atoms. The molecule has 1 atom stereocenters. The molecular weight excluding hydrogens is 287 g/mol. The van der Waals surface area contributed by atoms with E-state index in [1.54, 1.807) is 12.1 Å². The van der Waals surface area contributed by atoms with Gasteiger partial charge in [-0.1, -0.05) is 29.8 Å². The maximum Gasteiger partial charge on any atom is 0.123 e. The Morgan fingerprint density at radius 1 is 1.14 bits per heavy atom. The maximum absolute atomic E-state index is 13.6. The lowest BCUT2D eigenvalue weighted by Gasteiger charge is -2.25. The number of nitrogens with one attached hydrogen (secondary N) is 1. The highest BCUT2D eigenvalue weighted by Crippen LogP contribution is 2.35. The van der Waals surface area contributed by atoms with Crippen LogP contribution in [0, 0.1) is 5.82 Å². The van der Waals surface area contributed by atoms with Gasteiger partial charge in [0.15, 0.2) is 0 Å². The molecule has 1 N–H and O–H groups in total. The molecule has 0 bridgehead atoms. The van der Waals surface area contributed by atoms with Gasteiger partial charge in [-0.2, -0.15) is 0 Å². The average Bonchev–Trinajstić information content (AvgIpc) is 2.84. The van der Waals surface area contributed by atoms with Gasteiger partial charge in [0, 0.05) is 22.7 Å². The van der Waals surface area contributed by atoms with Crippen LogP contribution in [0.5, 0.6) is 0 Å². The molecular formula is C17H16ClFN2. The third-order valence-corrected chi connectivity index (χ3v) is 3.98. The number of rotatable bonds is 3. The topological polar surface area (TPSA) is 19.0 Å². The van der Waals surface area contributed by atoms with Gasteiger partial charge < -0.3 is 4.98 Å². The van der Waals surface area contributed by atoms with Gasteiger partial charge in [0.05, 0.1) is 11.1 Å². The van der Waals surface area contributed by atoms with Gasteiger partial charge in [-0.3, -0.25) is 4.90 Å². The number of H-pyrrole nitrogens is 1. The van der Waals surface area contributed by atoms with E-state index in [0.717, 1.165) is 22.0 Å². The van der Waals surface area contributed by atoms with E-state index in [-0.39, 0.29) is 11.9 Å². The molecule has 0 amide bonds. The molecule has 2 nitrogen and oxygen atoms in total. The molecule has 1 aromatic heterocycles. The number of hydrogen-bond donors (Lipinski definition) is 1. The summed E-state index contributed by atoms with van der Waals surface area (Å²) in [6.45, 7) is 0. The zero-order valence-electron chi connectivity index (χ0n) is 11.9. The molecule has 0 saturated carbocycles. The van der Waals surface area contributed by atoms with Crippen LogP contribution in [-0.4, -0.2) is 24.0 Å². The summed E-state index contributed by atoms with van der Waals surface area (Å²) < 4.78 is 13.6. The Morgan fingerprint density at radius 3 is 2.62 bits per heavy atom. The SMILES string of the molecule is CN(C)C(c1cccc(F)c1)c1c[nH]c2cccc(Cl)c12. The fourth-order valence-electron chi connectivity index (χ4n) is 2.81. The van der Waals surface area contributed by atoms with Gasteiger partial charge in [0.25, 0.3) is 0 Å². The largest absolute Gasteiger partial charge is 0.361 e. The smallest absolute Gasteiger partial charge is 0.123 e. The maximum atomic E-state index is 13.6. The lowest BCUT2D eigenvalue weighted by atomic mass is 9.97. The average molecular weight is 303 g/mol. The molecule has 2 aromatic carbocycles. The molecule has 3 aromatic rings. The van der Waals surface area contributed by atoms with Gasteiger partial charge in [-0.15, -0.1) is 0 Å². The normalized spacial score (nSPS) is 13.0. The van der Waals surface area contributed by atoms with Crippen LogP contribution in [0.1, 0.15) is 17.2 Å². The van der Waals surface area contributed by atoms with Crippen LogP contribution in [0.2, 0.25) is 5.02 Å². The third kappa shape index (κ3) is 2.55. The molecule has 0 spiro atoms. The van der Waals surface area contributed by atoms with E-state index in [4.69, 9.17) is 11.6 Å². The second-order valence-corrected chi connectivity index (χ2v) is 5.73. The van der Waals surface area contributed by atoms with Crippen molar-refractivity contribution in [2.45, 2.75) is 6.04 Å². The first kappa shape index (κ1) is 14.1. The van der Waals surface area contributed by atoms with Gasteiger partial charge in [-0.25, -0.2) is 4.39 Å². The summed E-state index contributed by atoms with van der Waals surface area (Å²) in [4.78, 5) is 5.30. The van der Waals surface area contributed by atoms with E-state index < -0.39 is 0 Å². The Balaban J connectivity index is 2.21. The number of benzene rings is 2. The zero-order chi connectivity index (χ0) is 15.0. The van der Waals surface area contributed by atoms with Crippen molar-refractivity contribution < 1.29 is 4.39 Å². The van der Waals surface area contributed by atoms with Crippen LogP contribution < -0.4 is 0 Å². The minimum absolute atomic E-state index is 0.0608. The fourth-order valence-corrected chi connectivity index (χ4v) is 3.10. The number of aromatic amines is 1. The van der Waals surface area contributed by atoms with Crippen molar-refractivity contribution in [1.82, 2.24) is 9.88 Å². The Bertz CT molecular complexity index is 779. The van der Waals surface area contributed by atoms with Crippen molar-refractivity contribution in [2.24, 2.45) is 0 Å². The summed E-state index contributed by atoms with van der Waals surface area (Å²) in [7, 11) is 3.95. The van der Waals surface area contributed by atoms with Gasteiger partial charge in [0.1, 0.15) is 5.82 Å². The predicted octanol–water partition coefficient (Wildman–Crippen LogP) is 4.61. The lowest BCUT2D eigenvalue weighted by Crippen LogP contribution is -2.21. The quantitative estimate of drug-likeness (QED) is 0.748. The van der Waals surface area contributed by atoms with Crippen molar-refractivity contribution in [1.29, 1.82) is 0 Å². The van der Waals surface area contributed by atoms with Crippen LogP contribution >= 0.6 is 11.6 Å². The number of aromatic nitrogens is 1. The van der Waals surface area contributed by atoms with E-state index in [2.05, 4.69) is 9.88 Å². The molecule has 0 radical (unpaired) electrons. The van der Waals surface area contributed by atoms with Crippen LogP contribution in [0.4, 0.5) is 4.39 Å². The summed E-state index contributed by atoms with van der Waals surface area (Å²) in [6, 6.07) is 12.4. The van der Waals surface area contributed by atoms with E-state index in [0.29, 0.717) is 5.02 Å². The van der Waals surface area contributed by atoms with Crippen molar-refractivity contribution in [3.05, 3.63) is 70.6 Å². The summed E-state index contributed by atoms with van der Waals surface area (Å²) in [5, 5.41) is 1.69. The van der Waals surface area contributed by atoms with E-state index in [1.807, 2.05) is 44.6 Å². The molecule has 0 fully saturated rings. The van der Waals surface area contributed by atoms with E-state index >= 15 is 0 Å². The fraction of sp³-hybridized carbons (Fsp3) is 0.176. The minimum Gasteiger partial charge on any atom is -0.361 e. The summed E-state index contributed by atoms with van der Waals surface area (Å²) in [6.07, 6.45) is 1.95. The number of fused-ring (bicyclic) bond motifs is 1. The zero-order valence-corrected chi connectivity index (χ0v) is 12.7. The Kier molecular flexibility index (Phi) is 3.70. The Hall–Kier alpha value is -1.84. The second kappa shape index (κ2) is 5.51. The monoisotopic (exact) mass is 302 g/mol. The minimum atomic E-state index is -0.231. The molecule has 0 aliphatic heterocycles. The van der Waals surface area contributed by atoms with E-state index in [1.165, 1.54) is 6.07 Å². The van der Waals surface area contributed by atoms with Gasteiger partial charge in [0.2, 0.25) is 0 Å². The number of halogens is 2.